The Morgan fingerprint density at radius 1 is 1.14 bits per heavy atom. The number of halogens is 2. The van der Waals surface area contributed by atoms with Gasteiger partial charge in [0.2, 0.25) is 11.7 Å². The molecule has 1 atom stereocenters. The fraction of sp³-hybridized carbons (Fsp3) is 0.286. The number of ketones is 1. The van der Waals surface area contributed by atoms with E-state index in [1.54, 1.807) is 11.0 Å². The predicted molar refractivity (Wildman–Crippen MR) is 108 cm³/mol. The third-order valence-electron chi connectivity index (χ3n) is 4.74. The van der Waals surface area contributed by atoms with E-state index < -0.39 is 24.3 Å². The van der Waals surface area contributed by atoms with Gasteiger partial charge in [0.05, 0.1) is 10.9 Å². The van der Waals surface area contributed by atoms with Gasteiger partial charge in [-0.15, -0.1) is 0 Å². The van der Waals surface area contributed by atoms with Gasteiger partial charge < -0.3 is 9.64 Å². The minimum Gasteiger partial charge on any atom is -0.457 e. The van der Waals surface area contributed by atoms with Crippen LogP contribution in [-0.4, -0.2) is 30.8 Å². The molecular formula is C21H19Cl2NO4. The van der Waals surface area contributed by atoms with Gasteiger partial charge in [-0.1, -0.05) is 41.4 Å². The molecule has 1 amide bonds. The highest BCUT2D eigenvalue weighted by Gasteiger charge is 2.37. The summed E-state index contributed by atoms with van der Waals surface area (Å²) in [6, 6.07) is 10.3. The molecule has 1 fully saturated rings. The summed E-state index contributed by atoms with van der Waals surface area (Å²) in [7, 11) is 0. The van der Waals surface area contributed by atoms with Crippen molar-refractivity contribution < 1.29 is 19.1 Å². The number of anilines is 1. The van der Waals surface area contributed by atoms with Gasteiger partial charge in [0.15, 0.2) is 6.61 Å². The van der Waals surface area contributed by atoms with Crippen LogP contribution < -0.4 is 4.90 Å². The van der Waals surface area contributed by atoms with Crippen LogP contribution in [0.3, 0.4) is 0 Å². The van der Waals surface area contributed by atoms with Crippen LogP contribution in [0, 0.1) is 19.8 Å². The molecule has 2 aromatic rings. The van der Waals surface area contributed by atoms with E-state index >= 15 is 0 Å². The lowest BCUT2D eigenvalue weighted by molar-refractivity contribution is -0.147. The van der Waals surface area contributed by atoms with Gasteiger partial charge in [0, 0.05) is 29.2 Å². The molecule has 1 heterocycles. The van der Waals surface area contributed by atoms with E-state index in [4.69, 9.17) is 27.9 Å². The molecule has 2 aromatic carbocycles. The molecule has 0 N–H and O–H groups in total. The molecule has 1 aliphatic rings. The summed E-state index contributed by atoms with van der Waals surface area (Å²) in [5.74, 6) is -1.74. The fourth-order valence-electron chi connectivity index (χ4n) is 3.36. The molecule has 1 aliphatic heterocycles. The number of carbonyl (C=O) groups is 3. The largest absolute Gasteiger partial charge is 0.457 e. The Hall–Kier alpha value is -2.37. The van der Waals surface area contributed by atoms with Crippen LogP contribution in [-0.2, 0) is 14.3 Å². The first-order valence-electron chi connectivity index (χ1n) is 8.79. The lowest BCUT2D eigenvalue weighted by Crippen LogP contribution is -2.28. The number of carbonyl (C=O) groups excluding carboxylic acids is 3. The molecule has 0 spiro atoms. The van der Waals surface area contributed by atoms with Crippen LogP contribution in [0.15, 0.2) is 36.4 Å². The summed E-state index contributed by atoms with van der Waals surface area (Å²) in [6.45, 7) is 3.65. The molecule has 1 saturated heterocycles. The van der Waals surface area contributed by atoms with E-state index in [0.29, 0.717) is 5.02 Å². The molecule has 0 aliphatic carbocycles. The highest BCUT2D eigenvalue weighted by atomic mass is 35.5. The summed E-state index contributed by atoms with van der Waals surface area (Å²) in [6.07, 6.45) is 0.0580. The number of esters is 1. The fourth-order valence-corrected chi connectivity index (χ4v) is 3.87. The van der Waals surface area contributed by atoms with E-state index in [0.717, 1.165) is 16.8 Å². The molecule has 28 heavy (non-hydrogen) atoms. The van der Waals surface area contributed by atoms with Gasteiger partial charge in [-0.3, -0.25) is 14.4 Å². The maximum absolute atomic E-state index is 12.5. The van der Waals surface area contributed by atoms with Gasteiger partial charge in [0.25, 0.3) is 0 Å². The van der Waals surface area contributed by atoms with Crippen LogP contribution >= 0.6 is 23.2 Å². The second-order valence-electron chi connectivity index (χ2n) is 6.80. The van der Waals surface area contributed by atoms with Gasteiger partial charge in [-0.25, -0.2) is 0 Å². The van der Waals surface area contributed by atoms with Crippen LogP contribution in [0.4, 0.5) is 5.69 Å². The quantitative estimate of drug-likeness (QED) is 0.532. The molecule has 0 bridgehead atoms. The second-order valence-corrected chi connectivity index (χ2v) is 7.64. The number of hydrogen-bond donors (Lipinski definition) is 0. The van der Waals surface area contributed by atoms with Crippen molar-refractivity contribution in [2.75, 3.05) is 18.1 Å². The van der Waals surface area contributed by atoms with Gasteiger partial charge in [-0.05, 0) is 43.2 Å². The maximum Gasteiger partial charge on any atom is 0.311 e. The van der Waals surface area contributed by atoms with Crippen molar-refractivity contribution in [1.82, 2.24) is 0 Å². The van der Waals surface area contributed by atoms with E-state index in [1.165, 1.54) is 12.1 Å². The first kappa shape index (κ1) is 20.4. The topological polar surface area (TPSA) is 63.7 Å². The maximum atomic E-state index is 12.5. The van der Waals surface area contributed by atoms with Crippen LogP contribution in [0.5, 0.6) is 0 Å². The lowest BCUT2D eigenvalue weighted by Gasteiger charge is -2.21. The molecule has 7 heteroatoms. The van der Waals surface area contributed by atoms with Crippen LogP contribution in [0.25, 0.3) is 0 Å². The molecule has 0 saturated carbocycles. The molecule has 3 rings (SSSR count). The predicted octanol–water partition coefficient (Wildman–Crippen LogP) is 4.39. The summed E-state index contributed by atoms with van der Waals surface area (Å²) in [5.41, 5.74) is 3.00. The zero-order valence-electron chi connectivity index (χ0n) is 15.5. The Morgan fingerprint density at radius 3 is 2.46 bits per heavy atom. The van der Waals surface area contributed by atoms with E-state index in [-0.39, 0.29) is 29.5 Å². The average molecular weight is 420 g/mol. The average Bonchev–Trinajstić information content (AvgIpc) is 3.01. The molecular weight excluding hydrogens is 401 g/mol. The van der Waals surface area contributed by atoms with Gasteiger partial charge in [-0.2, -0.15) is 0 Å². The van der Waals surface area contributed by atoms with E-state index in [2.05, 4.69) is 0 Å². The third kappa shape index (κ3) is 4.21. The number of ether oxygens (including phenoxy) is 1. The highest BCUT2D eigenvalue weighted by Crippen LogP contribution is 2.31. The number of hydrogen-bond acceptors (Lipinski definition) is 4. The van der Waals surface area contributed by atoms with E-state index in [9.17, 15) is 14.4 Å². The first-order chi connectivity index (χ1) is 13.3. The summed E-state index contributed by atoms with van der Waals surface area (Å²) in [4.78, 5) is 38.7. The van der Waals surface area contributed by atoms with Crippen molar-refractivity contribution in [2.45, 2.75) is 20.3 Å². The van der Waals surface area contributed by atoms with Crippen molar-refractivity contribution in [3.8, 4) is 0 Å². The van der Waals surface area contributed by atoms with Gasteiger partial charge in [0.1, 0.15) is 0 Å². The Kier molecular flexibility index (Phi) is 6.06. The lowest BCUT2D eigenvalue weighted by atomic mass is 10.1. The summed E-state index contributed by atoms with van der Waals surface area (Å²) >= 11 is 11.8. The van der Waals surface area contributed by atoms with Crippen molar-refractivity contribution in [2.24, 2.45) is 5.92 Å². The number of rotatable bonds is 5. The van der Waals surface area contributed by atoms with Crippen molar-refractivity contribution in [3.05, 3.63) is 63.1 Å². The third-order valence-corrected chi connectivity index (χ3v) is 5.29. The molecule has 5 nitrogen and oxygen atoms in total. The monoisotopic (exact) mass is 419 g/mol. The van der Waals surface area contributed by atoms with E-state index in [1.807, 2.05) is 32.0 Å². The minimum atomic E-state index is -0.611. The number of benzene rings is 2. The second kappa shape index (κ2) is 8.33. The molecule has 0 unspecified atom stereocenters. The first-order valence-corrected chi connectivity index (χ1v) is 9.55. The molecule has 0 aromatic heterocycles. The number of amides is 1. The zero-order valence-corrected chi connectivity index (χ0v) is 17.0. The Bertz CT molecular complexity index is 937. The number of nitrogens with zero attached hydrogens (tertiary/aromatic N) is 1. The summed E-state index contributed by atoms with van der Waals surface area (Å²) in [5, 5.41) is 0.611. The minimum absolute atomic E-state index is 0.0580. The SMILES string of the molecule is Cc1cccc(C)c1N1C[C@H](C(=O)OCC(=O)c2ccc(Cl)cc2Cl)CC1=O. The number of aryl methyl sites for hydroxylation is 2. The Labute approximate surface area is 173 Å². The zero-order chi connectivity index (χ0) is 20.4. The smallest absolute Gasteiger partial charge is 0.311 e. The molecule has 0 radical (unpaired) electrons. The van der Waals surface area contributed by atoms with Crippen LogP contribution in [0.2, 0.25) is 10.0 Å². The van der Waals surface area contributed by atoms with Crippen molar-refractivity contribution in [3.63, 3.8) is 0 Å². The highest BCUT2D eigenvalue weighted by molar-refractivity contribution is 6.36. The summed E-state index contributed by atoms with van der Waals surface area (Å²) < 4.78 is 5.16. The van der Waals surface area contributed by atoms with Gasteiger partial charge >= 0.3 is 5.97 Å². The molecule has 146 valence electrons. The number of Topliss-reactive ketones (excluding diaryl/α,β-unsaturated/α-hetero) is 1. The normalized spacial score (nSPS) is 16.4. The standard InChI is InChI=1S/C21H19Cl2NO4/c1-12-4-3-5-13(2)20(12)24-10-14(8-19(24)26)21(27)28-11-18(25)16-7-6-15(22)9-17(16)23/h3-7,9,14H,8,10-11H2,1-2H3/t14-/m1/s1. The van der Waals surface area contributed by atoms with Crippen molar-refractivity contribution >= 4 is 46.5 Å². The van der Waals surface area contributed by atoms with Crippen molar-refractivity contribution in [1.29, 1.82) is 0 Å². The number of para-hydroxylation sites is 1. The van der Waals surface area contributed by atoms with Crippen LogP contribution in [0.1, 0.15) is 27.9 Å². The Morgan fingerprint density at radius 2 is 1.82 bits per heavy atom. The Balaban J connectivity index is 1.64.